The van der Waals surface area contributed by atoms with Gasteiger partial charge in [-0.2, -0.15) is 0 Å². The first kappa shape index (κ1) is 20.2. The molecule has 30 heavy (non-hydrogen) atoms. The topological polar surface area (TPSA) is 112 Å². The lowest BCUT2D eigenvalue weighted by Gasteiger charge is -2.18. The zero-order valence-electron chi connectivity index (χ0n) is 16.2. The van der Waals surface area contributed by atoms with E-state index in [1.165, 1.54) is 12.1 Å². The van der Waals surface area contributed by atoms with E-state index in [1.807, 2.05) is 36.4 Å². The molecular formula is C23H23NO6. The Balaban J connectivity index is 1.33. The van der Waals surface area contributed by atoms with Crippen molar-refractivity contribution in [3.63, 3.8) is 0 Å². The summed E-state index contributed by atoms with van der Waals surface area (Å²) in [5, 5.41) is 31.7. The molecule has 4 N–H and O–H groups in total. The molecule has 0 radical (unpaired) electrons. The van der Waals surface area contributed by atoms with E-state index in [2.05, 4.69) is 17.4 Å². The summed E-state index contributed by atoms with van der Waals surface area (Å²) >= 11 is 0. The van der Waals surface area contributed by atoms with Gasteiger partial charge in [-0.15, -0.1) is 0 Å². The highest BCUT2D eigenvalue weighted by molar-refractivity contribution is 5.79. The van der Waals surface area contributed by atoms with Crippen LogP contribution in [0.4, 0.5) is 4.79 Å². The minimum absolute atomic E-state index is 0.0568. The summed E-state index contributed by atoms with van der Waals surface area (Å²) in [5.74, 6) is 0.334. The predicted molar refractivity (Wildman–Crippen MR) is 109 cm³/mol. The SMILES string of the molecule is O=C(NCC(O)C(O)c1ccc(CO)o1)OCC1c2ccccc2-c2ccccc21. The van der Waals surface area contributed by atoms with Gasteiger partial charge in [-0.05, 0) is 34.4 Å². The van der Waals surface area contributed by atoms with Crippen LogP contribution in [-0.4, -0.2) is 40.7 Å². The van der Waals surface area contributed by atoms with Crippen molar-refractivity contribution < 1.29 is 29.3 Å². The molecule has 1 aliphatic carbocycles. The first-order valence-electron chi connectivity index (χ1n) is 9.73. The number of rotatable bonds is 7. The van der Waals surface area contributed by atoms with Crippen LogP contribution in [0.1, 0.15) is 34.7 Å². The fourth-order valence-electron chi connectivity index (χ4n) is 3.78. The molecule has 1 aliphatic rings. The number of nitrogens with one attached hydrogen (secondary N) is 1. The second-order valence-electron chi connectivity index (χ2n) is 7.18. The van der Waals surface area contributed by atoms with Crippen molar-refractivity contribution in [1.29, 1.82) is 0 Å². The molecule has 2 aromatic carbocycles. The maximum Gasteiger partial charge on any atom is 0.407 e. The third-order valence-corrected chi connectivity index (χ3v) is 5.29. The summed E-state index contributed by atoms with van der Waals surface area (Å²) in [5.41, 5.74) is 4.50. The number of furan rings is 1. The third-order valence-electron chi connectivity index (χ3n) is 5.29. The van der Waals surface area contributed by atoms with E-state index in [4.69, 9.17) is 14.3 Å². The van der Waals surface area contributed by atoms with Gasteiger partial charge in [-0.3, -0.25) is 0 Å². The monoisotopic (exact) mass is 409 g/mol. The molecule has 0 saturated carbocycles. The number of alkyl carbamates (subject to hydrolysis) is 1. The summed E-state index contributed by atoms with van der Waals surface area (Å²) in [6.07, 6.45) is -3.30. The van der Waals surface area contributed by atoms with E-state index in [-0.39, 0.29) is 37.2 Å². The van der Waals surface area contributed by atoms with Crippen molar-refractivity contribution in [2.24, 2.45) is 0 Å². The van der Waals surface area contributed by atoms with Gasteiger partial charge in [0.05, 0.1) is 0 Å². The lowest BCUT2D eigenvalue weighted by atomic mass is 9.98. The molecule has 1 amide bonds. The third kappa shape index (κ3) is 3.95. The van der Waals surface area contributed by atoms with Crippen LogP contribution in [0.2, 0.25) is 0 Å². The summed E-state index contributed by atoms with van der Waals surface area (Å²) in [6.45, 7) is -0.357. The number of hydrogen-bond donors (Lipinski definition) is 4. The van der Waals surface area contributed by atoms with Crippen LogP contribution in [-0.2, 0) is 11.3 Å². The van der Waals surface area contributed by atoms with Crippen LogP contribution in [0.25, 0.3) is 11.1 Å². The molecule has 0 bridgehead atoms. The number of carbonyl (C=O) groups excluding carboxylic acids is 1. The molecule has 0 aliphatic heterocycles. The molecular weight excluding hydrogens is 386 g/mol. The molecule has 7 nitrogen and oxygen atoms in total. The highest BCUT2D eigenvalue weighted by Gasteiger charge is 2.29. The van der Waals surface area contributed by atoms with Crippen LogP contribution in [0.15, 0.2) is 65.1 Å². The van der Waals surface area contributed by atoms with Crippen LogP contribution >= 0.6 is 0 Å². The Hall–Kier alpha value is -3.13. The maximum atomic E-state index is 12.2. The molecule has 1 aromatic heterocycles. The Labute approximate surface area is 173 Å². The number of hydrogen-bond acceptors (Lipinski definition) is 6. The molecule has 0 fully saturated rings. The smallest absolute Gasteiger partial charge is 0.407 e. The number of benzene rings is 2. The number of amides is 1. The molecule has 4 rings (SSSR count). The summed E-state index contributed by atoms with van der Waals surface area (Å²) in [6, 6.07) is 19.1. The average molecular weight is 409 g/mol. The summed E-state index contributed by atoms with van der Waals surface area (Å²) in [7, 11) is 0. The molecule has 0 spiro atoms. The molecule has 7 heteroatoms. The van der Waals surface area contributed by atoms with Gasteiger partial charge in [0.15, 0.2) is 0 Å². The lowest BCUT2D eigenvalue weighted by molar-refractivity contribution is 0.00485. The fourth-order valence-corrected chi connectivity index (χ4v) is 3.78. The van der Waals surface area contributed by atoms with E-state index in [1.54, 1.807) is 0 Å². The van der Waals surface area contributed by atoms with Gasteiger partial charge >= 0.3 is 6.09 Å². The zero-order chi connectivity index (χ0) is 21.1. The first-order chi connectivity index (χ1) is 14.6. The number of aliphatic hydroxyl groups is 3. The summed E-state index contributed by atoms with van der Waals surface area (Å²) in [4.78, 5) is 12.2. The van der Waals surface area contributed by atoms with Crippen LogP contribution in [0.5, 0.6) is 0 Å². The maximum absolute atomic E-state index is 12.2. The van der Waals surface area contributed by atoms with Gasteiger partial charge in [0.1, 0.15) is 36.9 Å². The van der Waals surface area contributed by atoms with E-state index in [9.17, 15) is 15.0 Å². The van der Waals surface area contributed by atoms with E-state index >= 15 is 0 Å². The van der Waals surface area contributed by atoms with Crippen molar-refractivity contribution in [3.05, 3.63) is 83.3 Å². The highest BCUT2D eigenvalue weighted by atomic mass is 16.5. The number of carbonyl (C=O) groups is 1. The van der Waals surface area contributed by atoms with Crippen molar-refractivity contribution in [2.75, 3.05) is 13.2 Å². The first-order valence-corrected chi connectivity index (χ1v) is 9.73. The Kier molecular flexibility index (Phi) is 5.85. The van der Waals surface area contributed by atoms with Gasteiger partial charge in [0.2, 0.25) is 0 Å². The van der Waals surface area contributed by atoms with Gasteiger partial charge in [0, 0.05) is 12.5 Å². The highest BCUT2D eigenvalue weighted by Crippen LogP contribution is 2.44. The number of aliphatic hydroxyl groups excluding tert-OH is 3. The molecule has 0 saturated heterocycles. The quantitative estimate of drug-likeness (QED) is 0.477. The lowest BCUT2D eigenvalue weighted by Crippen LogP contribution is -2.36. The normalized spacial score (nSPS) is 14.6. The second-order valence-corrected chi connectivity index (χ2v) is 7.18. The molecule has 2 atom stereocenters. The number of fused-ring (bicyclic) bond motifs is 3. The average Bonchev–Trinajstić information content (AvgIpc) is 3.38. The second kappa shape index (κ2) is 8.71. The van der Waals surface area contributed by atoms with Crippen molar-refractivity contribution in [1.82, 2.24) is 5.32 Å². The van der Waals surface area contributed by atoms with E-state index < -0.39 is 18.3 Å². The largest absolute Gasteiger partial charge is 0.461 e. The van der Waals surface area contributed by atoms with Crippen molar-refractivity contribution >= 4 is 6.09 Å². The Morgan fingerprint density at radius 2 is 1.63 bits per heavy atom. The Morgan fingerprint density at radius 1 is 1.00 bits per heavy atom. The van der Waals surface area contributed by atoms with Crippen molar-refractivity contribution in [3.8, 4) is 11.1 Å². The molecule has 156 valence electrons. The van der Waals surface area contributed by atoms with Gasteiger partial charge < -0.3 is 29.8 Å². The Morgan fingerprint density at radius 3 is 2.23 bits per heavy atom. The minimum atomic E-state index is -1.33. The zero-order valence-corrected chi connectivity index (χ0v) is 16.2. The predicted octanol–water partition coefficient (Wildman–Crippen LogP) is 2.70. The molecule has 3 aromatic rings. The van der Waals surface area contributed by atoms with E-state index in [0.717, 1.165) is 22.3 Å². The summed E-state index contributed by atoms with van der Waals surface area (Å²) < 4.78 is 10.6. The standard InChI is InChI=1S/C23H23NO6/c25-12-14-9-10-21(30-14)22(27)20(26)11-24-23(28)29-13-19-17-7-3-1-5-15(17)16-6-2-4-8-18(16)19/h1-10,19-20,22,25-27H,11-13H2,(H,24,28). The van der Waals surface area contributed by atoms with Gasteiger partial charge in [-0.25, -0.2) is 4.79 Å². The van der Waals surface area contributed by atoms with E-state index in [0.29, 0.717) is 0 Å². The van der Waals surface area contributed by atoms with Crippen LogP contribution in [0, 0.1) is 0 Å². The van der Waals surface area contributed by atoms with Gasteiger partial charge in [-0.1, -0.05) is 48.5 Å². The number of ether oxygens (including phenoxy) is 1. The Bertz CT molecular complexity index is 984. The van der Waals surface area contributed by atoms with Crippen molar-refractivity contribution in [2.45, 2.75) is 24.7 Å². The van der Waals surface area contributed by atoms with Gasteiger partial charge in [0.25, 0.3) is 0 Å². The molecule has 2 unspecified atom stereocenters. The minimum Gasteiger partial charge on any atom is -0.461 e. The fraction of sp³-hybridized carbons (Fsp3) is 0.261. The van der Waals surface area contributed by atoms with Crippen LogP contribution < -0.4 is 5.32 Å². The molecule has 1 heterocycles. The van der Waals surface area contributed by atoms with Crippen LogP contribution in [0.3, 0.4) is 0 Å².